The highest BCUT2D eigenvalue weighted by Crippen LogP contribution is 2.36. The molecule has 0 saturated heterocycles. The van der Waals surface area contributed by atoms with Crippen molar-refractivity contribution in [1.29, 1.82) is 0 Å². The molecule has 0 saturated carbocycles. The molecule has 28 heavy (non-hydrogen) atoms. The van der Waals surface area contributed by atoms with E-state index in [0.29, 0.717) is 34.7 Å². The number of rotatable bonds is 6. The fourth-order valence-electron chi connectivity index (χ4n) is 3.40. The molecule has 0 atom stereocenters. The molecule has 0 aliphatic heterocycles. The van der Waals surface area contributed by atoms with E-state index in [1.807, 2.05) is 37.3 Å². The number of carboxylic acid groups (broad SMARTS) is 1. The molecular formula is C23H21NO4. The number of aryl methyl sites for hydroxylation is 1. The van der Waals surface area contributed by atoms with Crippen LogP contribution in [0.5, 0.6) is 5.75 Å². The number of fused-ring (bicyclic) bond motifs is 2. The van der Waals surface area contributed by atoms with Crippen LogP contribution in [0.2, 0.25) is 0 Å². The molecule has 2 heterocycles. The molecule has 2 aromatic carbocycles. The second-order valence-corrected chi connectivity index (χ2v) is 6.76. The van der Waals surface area contributed by atoms with E-state index in [0.717, 1.165) is 29.4 Å². The van der Waals surface area contributed by atoms with E-state index in [-0.39, 0.29) is 5.56 Å². The predicted octanol–water partition coefficient (Wildman–Crippen LogP) is 5.83. The molecule has 0 aliphatic rings. The third-order valence-electron chi connectivity index (χ3n) is 4.86. The number of nitrogens with zero attached hydrogens (tertiary/aromatic N) is 1. The Morgan fingerprint density at radius 3 is 2.75 bits per heavy atom. The number of furan rings is 1. The Morgan fingerprint density at radius 1 is 1.18 bits per heavy atom. The van der Waals surface area contributed by atoms with Crippen molar-refractivity contribution in [3.8, 4) is 17.2 Å². The number of aromatic carboxylic acids is 1. The van der Waals surface area contributed by atoms with Crippen LogP contribution in [0, 0.1) is 6.92 Å². The summed E-state index contributed by atoms with van der Waals surface area (Å²) in [4.78, 5) is 16.7. The Labute approximate surface area is 162 Å². The van der Waals surface area contributed by atoms with Crippen molar-refractivity contribution in [1.82, 2.24) is 4.98 Å². The first-order valence-electron chi connectivity index (χ1n) is 9.38. The van der Waals surface area contributed by atoms with Gasteiger partial charge in [-0.15, -0.1) is 0 Å². The first kappa shape index (κ1) is 18.0. The number of aromatic nitrogens is 1. The molecular weight excluding hydrogens is 354 g/mol. The lowest BCUT2D eigenvalue weighted by atomic mass is 10.0. The average Bonchev–Trinajstić information content (AvgIpc) is 3.04. The zero-order chi connectivity index (χ0) is 19.7. The van der Waals surface area contributed by atoms with Crippen LogP contribution in [0.4, 0.5) is 0 Å². The van der Waals surface area contributed by atoms with Gasteiger partial charge in [-0.3, -0.25) is 0 Å². The molecule has 142 valence electrons. The molecule has 1 N–H and O–H groups in total. The van der Waals surface area contributed by atoms with E-state index in [4.69, 9.17) is 14.1 Å². The quantitative estimate of drug-likeness (QED) is 0.429. The predicted molar refractivity (Wildman–Crippen MR) is 109 cm³/mol. The van der Waals surface area contributed by atoms with Gasteiger partial charge in [0.2, 0.25) is 0 Å². The highest BCUT2D eigenvalue weighted by atomic mass is 16.5. The molecule has 0 aliphatic carbocycles. The van der Waals surface area contributed by atoms with E-state index in [2.05, 4.69) is 6.92 Å². The van der Waals surface area contributed by atoms with Gasteiger partial charge in [-0.2, -0.15) is 0 Å². The Bertz CT molecular complexity index is 1180. The summed E-state index contributed by atoms with van der Waals surface area (Å²) in [7, 11) is 0. The highest BCUT2D eigenvalue weighted by molar-refractivity contribution is 6.06. The largest absolute Gasteiger partial charge is 0.493 e. The van der Waals surface area contributed by atoms with Crippen molar-refractivity contribution in [2.75, 3.05) is 6.61 Å². The molecule has 0 radical (unpaired) electrons. The van der Waals surface area contributed by atoms with Gasteiger partial charge < -0.3 is 14.3 Å². The molecule has 0 fully saturated rings. The lowest BCUT2D eigenvalue weighted by Gasteiger charge is -2.12. The monoisotopic (exact) mass is 375 g/mol. The number of hydrogen-bond acceptors (Lipinski definition) is 4. The lowest BCUT2D eigenvalue weighted by Crippen LogP contribution is -2.04. The summed E-state index contributed by atoms with van der Waals surface area (Å²) in [6.07, 6.45) is 1.91. The number of pyridine rings is 1. The molecule has 0 unspecified atom stereocenters. The van der Waals surface area contributed by atoms with E-state index < -0.39 is 5.97 Å². The number of ether oxygens (including phenoxy) is 1. The summed E-state index contributed by atoms with van der Waals surface area (Å²) >= 11 is 0. The van der Waals surface area contributed by atoms with Crippen LogP contribution < -0.4 is 4.74 Å². The number of carbonyl (C=O) groups is 1. The molecule has 2 aromatic heterocycles. The van der Waals surface area contributed by atoms with Crippen LogP contribution in [0.25, 0.3) is 33.3 Å². The fraction of sp³-hybridized carbons (Fsp3) is 0.217. The van der Waals surface area contributed by atoms with Crippen LogP contribution >= 0.6 is 0 Å². The summed E-state index contributed by atoms with van der Waals surface area (Å²) in [5, 5.41) is 11.4. The maximum atomic E-state index is 12.0. The minimum Gasteiger partial charge on any atom is -0.493 e. The van der Waals surface area contributed by atoms with Crippen molar-refractivity contribution < 1.29 is 19.1 Å². The third kappa shape index (κ3) is 3.09. The van der Waals surface area contributed by atoms with E-state index in [1.54, 1.807) is 18.2 Å². The third-order valence-corrected chi connectivity index (χ3v) is 4.86. The second-order valence-electron chi connectivity index (χ2n) is 6.76. The molecule has 0 spiro atoms. The molecule has 4 rings (SSSR count). The summed E-state index contributed by atoms with van der Waals surface area (Å²) < 4.78 is 11.8. The minimum absolute atomic E-state index is 0.159. The van der Waals surface area contributed by atoms with Crippen molar-refractivity contribution in [3.63, 3.8) is 0 Å². The van der Waals surface area contributed by atoms with Crippen LogP contribution in [-0.2, 0) is 0 Å². The van der Waals surface area contributed by atoms with Gasteiger partial charge in [0.1, 0.15) is 17.0 Å². The van der Waals surface area contributed by atoms with Crippen molar-refractivity contribution in [3.05, 3.63) is 59.7 Å². The van der Waals surface area contributed by atoms with Gasteiger partial charge in [-0.05, 0) is 37.6 Å². The first-order valence-corrected chi connectivity index (χ1v) is 9.38. The number of benzene rings is 2. The molecule has 4 aromatic rings. The maximum Gasteiger partial charge on any atom is 0.336 e. The van der Waals surface area contributed by atoms with E-state index >= 15 is 0 Å². The smallest absolute Gasteiger partial charge is 0.336 e. The first-order chi connectivity index (χ1) is 13.6. The van der Waals surface area contributed by atoms with Gasteiger partial charge >= 0.3 is 5.97 Å². The Morgan fingerprint density at radius 2 is 2.00 bits per heavy atom. The molecule has 0 amide bonds. The molecule has 0 bridgehead atoms. The Kier molecular flexibility index (Phi) is 4.74. The summed E-state index contributed by atoms with van der Waals surface area (Å²) in [6.45, 7) is 4.58. The van der Waals surface area contributed by atoms with Gasteiger partial charge in [-0.25, -0.2) is 9.78 Å². The zero-order valence-electron chi connectivity index (χ0n) is 15.9. The van der Waals surface area contributed by atoms with Gasteiger partial charge in [-0.1, -0.05) is 37.6 Å². The molecule has 5 nitrogen and oxygen atoms in total. The lowest BCUT2D eigenvalue weighted by molar-refractivity contribution is 0.0698. The number of carboxylic acids is 1. The number of para-hydroxylation sites is 1. The summed E-state index contributed by atoms with van der Waals surface area (Å²) in [5.74, 6) is 0.112. The van der Waals surface area contributed by atoms with Crippen molar-refractivity contribution in [2.24, 2.45) is 0 Å². The van der Waals surface area contributed by atoms with Crippen molar-refractivity contribution >= 4 is 27.8 Å². The Balaban J connectivity index is 1.91. The average molecular weight is 375 g/mol. The second kappa shape index (κ2) is 7.35. The topological polar surface area (TPSA) is 72.6 Å². The SMILES string of the molecule is CCCCOc1cccc2nc(-c3oc4ccccc4c3C)cc(C(=O)O)c12. The maximum absolute atomic E-state index is 12.0. The van der Waals surface area contributed by atoms with E-state index in [9.17, 15) is 9.90 Å². The van der Waals surface area contributed by atoms with E-state index in [1.165, 1.54) is 0 Å². The van der Waals surface area contributed by atoms with Crippen LogP contribution in [-0.4, -0.2) is 22.7 Å². The summed E-state index contributed by atoms with van der Waals surface area (Å²) in [5.41, 5.74) is 2.93. The number of hydrogen-bond donors (Lipinski definition) is 1. The van der Waals surface area contributed by atoms with Crippen LogP contribution in [0.3, 0.4) is 0 Å². The van der Waals surface area contributed by atoms with Crippen LogP contribution in [0.1, 0.15) is 35.7 Å². The number of unbranched alkanes of at least 4 members (excludes halogenated alkanes) is 1. The van der Waals surface area contributed by atoms with Gasteiger partial charge in [0.15, 0.2) is 5.76 Å². The normalized spacial score (nSPS) is 11.2. The highest BCUT2D eigenvalue weighted by Gasteiger charge is 2.20. The zero-order valence-corrected chi connectivity index (χ0v) is 15.9. The van der Waals surface area contributed by atoms with Gasteiger partial charge in [0, 0.05) is 10.9 Å². The summed E-state index contributed by atoms with van der Waals surface area (Å²) in [6, 6.07) is 14.7. The Hall–Kier alpha value is -3.34. The fourth-order valence-corrected chi connectivity index (χ4v) is 3.40. The van der Waals surface area contributed by atoms with Gasteiger partial charge in [0.25, 0.3) is 0 Å². The minimum atomic E-state index is -1.02. The molecule has 5 heteroatoms. The standard InChI is InChI=1S/C23H21NO4/c1-3-4-12-27-20-11-7-9-17-21(20)16(23(25)26)13-18(24-17)22-14(2)15-8-5-6-10-19(15)28-22/h5-11,13H,3-4,12H2,1-2H3,(H,25,26). The van der Waals surface area contributed by atoms with Gasteiger partial charge in [0.05, 0.1) is 23.1 Å². The van der Waals surface area contributed by atoms with Crippen LogP contribution in [0.15, 0.2) is 52.9 Å². The van der Waals surface area contributed by atoms with Crippen molar-refractivity contribution in [2.45, 2.75) is 26.7 Å².